The molecule has 2 aromatic rings. The van der Waals surface area contributed by atoms with Crippen molar-refractivity contribution in [1.29, 1.82) is 0 Å². The fourth-order valence-electron chi connectivity index (χ4n) is 1.71. The summed E-state index contributed by atoms with van der Waals surface area (Å²) in [4.78, 5) is 0. The highest BCUT2D eigenvalue weighted by atomic mass is 35.5. The van der Waals surface area contributed by atoms with Crippen molar-refractivity contribution in [2.45, 2.75) is 13.0 Å². The van der Waals surface area contributed by atoms with Gasteiger partial charge >= 0.3 is 0 Å². The fraction of sp³-hybridized carbons (Fsp3) is 0.200. The molecule has 0 bridgehead atoms. The van der Waals surface area contributed by atoms with Crippen molar-refractivity contribution >= 4 is 11.6 Å². The molecule has 0 spiro atoms. The Kier molecular flexibility index (Phi) is 4.62. The molecule has 0 amide bonds. The molecule has 3 heteroatoms. The molecule has 0 aliphatic rings. The highest BCUT2D eigenvalue weighted by Crippen LogP contribution is 2.15. The van der Waals surface area contributed by atoms with Gasteiger partial charge in [0.05, 0.1) is 13.2 Å². The van der Waals surface area contributed by atoms with Crippen LogP contribution < -0.4 is 4.74 Å². The average Bonchev–Trinajstić information content (AvgIpc) is 2.39. The first-order valence-corrected chi connectivity index (χ1v) is 6.23. The second-order valence-corrected chi connectivity index (χ2v) is 4.47. The molecule has 0 fully saturated rings. The highest BCUT2D eigenvalue weighted by molar-refractivity contribution is 6.30. The zero-order chi connectivity index (χ0) is 12.8. The Balaban J connectivity index is 1.88. The lowest BCUT2D eigenvalue weighted by Gasteiger charge is -2.07. The van der Waals surface area contributed by atoms with E-state index in [4.69, 9.17) is 21.4 Å². The number of benzene rings is 2. The van der Waals surface area contributed by atoms with Crippen LogP contribution in [-0.2, 0) is 13.0 Å². The monoisotopic (exact) mass is 262 g/mol. The summed E-state index contributed by atoms with van der Waals surface area (Å²) in [5.41, 5.74) is 2.01. The van der Waals surface area contributed by atoms with Crippen molar-refractivity contribution in [2.75, 3.05) is 6.61 Å². The van der Waals surface area contributed by atoms with Crippen LogP contribution in [0.15, 0.2) is 48.5 Å². The van der Waals surface area contributed by atoms with Crippen LogP contribution in [0.3, 0.4) is 0 Å². The Morgan fingerprint density at radius 2 is 1.78 bits per heavy atom. The van der Waals surface area contributed by atoms with Crippen molar-refractivity contribution in [3.63, 3.8) is 0 Å². The van der Waals surface area contributed by atoms with E-state index in [-0.39, 0.29) is 6.61 Å². The standard InChI is InChI=1S/C15H15ClO2/c16-14-5-1-3-12(9-14)7-8-18-15-6-2-4-13(10-15)11-17/h1-6,9-10,17H,7-8,11H2. The summed E-state index contributed by atoms with van der Waals surface area (Å²) >= 11 is 5.91. The zero-order valence-corrected chi connectivity index (χ0v) is 10.7. The van der Waals surface area contributed by atoms with E-state index < -0.39 is 0 Å². The lowest BCUT2D eigenvalue weighted by molar-refractivity contribution is 0.279. The molecule has 0 saturated carbocycles. The van der Waals surface area contributed by atoms with Crippen LogP contribution in [0.4, 0.5) is 0 Å². The normalized spacial score (nSPS) is 10.3. The van der Waals surface area contributed by atoms with Gasteiger partial charge in [0.15, 0.2) is 0 Å². The molecular formula is C15H15ClO2. The Morgan fingerprint density at radius 1 is 1.00 bits per heavy atom. The number of halogens is 1. The predicted octanol–water partition coefficient (Wildman–Crippen LogP) is 3.45. The first kappa shape index (κ1) is 12.9. The van der Waals surface area contributed by atoms with Gasteiger partial charge in [-0.15, -0.1) is 0 Å². The van der Waals surface area contributed by atoms with Gasteiger partial charge in [-0.05, 0) is 35.4 Å². The number of aliphatic hydroxyl groups excluding tert-OH is 1. The van der Waals surface area contributed by atoms with Gasteiger partial charge in [-0.1, -0.05) is 35.9 Å². The number of aliphatic hydroxyl groups is 1. The van der Waals surface area contributed by atoms with E-state index in [1.807, 2.05) is 48.5 Å². The summed E-state index contributed by atoms with van der Waals surface area (Å²) in [7, 11) is 0. The fourth-order valence-corrected chi connectivity index (χ4v) is 1.93. The van der Waals surface area contributed by atoms with Crippen molar-refractivity contribution in [2.24, 2.45) is 0 Å². The maximum atomic E-state index is 9.03. The Bertz CT molecular complexity index is 511. The first-order valence-electron chi connectivity index (χ1n) is 5.85. The largest absolute Gasteiger partial charge is 0.493 e. The summed E-state index contributed by atoms with van der Waals surface area (Å²) in [6, 6.07) is 15.2. The first-order chi connectivity index (χ1) is 8.78. The maximum Gasteiger partial charge on any atom is 0.119 e. The molecule has 0 heterocycles. The van der Waals surface area contributed by atoms with Crippen LogP contribution in [0.5, 0.6) is 5.75 Å². The summed E-state index contributed by atoms with van der Waals surface area (Å²) in [6.07, 6.45) is 0.809. The molecule has 18 heavy (non-hydrogen) atoms. The van der Waals surface area contributed by atoms with E-state index in [2.05, 4.69) is 0 Å². The smallest absolute Gasteiger partial charge is 0.119 e. The molecule has 0 aliphatic carbocycles. The van der Waals surface area contributed by atoms with Gasteiger partial charge in [0.1, 0.15) is 5.75 Å². The molecule has 2 rings (SSSR count). The third kappa shape index (κ3) is 3.76. The third-order valence-corrected chi connectivity index (χ3v) is 2.86. The molecule has 0 atom stereocenters. The predicted molar refractivity (Wildman–Crippen MR) is 73.0 cm³/mol. The van der Waals surface area contributed by atoms with Crippen LogP contribution in [0, 0.1) is 0 Å². The number of ether oxygens (including phenoxy) is 1. The zero-order valence-electron chi connectivity index (χ0n) is 9.97. The number of hydrogen-bond acceptors (Lipinski definition) is 2. The van der Waals surface area contributed by atoms with Crippen LogP contribution in [0.25, 0.3) is 0 Å². The van der Waals surface area contributed by atoms with E-state index in [0.717, 1.165) is 28.3 Å². The Morgan fingerprint density at radius 3 is 2.56 bits per heavy atom. The van der Waals surface area contributed by atoms with Gasteiger partial charge < -0.3 is 9.84 Å². The second kappa shape index (κ2) is 6.43. The highest BCUT2D eigenvalue weighted by Gasteiger charge is 1.98. The molecule has 0 radical (unpaired) electrons. The quantitative estimate of drug-likeness (QED) is 0.894. The minimum atomic E-state index is 0.0332. The summed E-state index contributed by atoms with van der Waals surface area (Å²) in [5, 5.41) is 9.77. The van der Waals surface area contributed by atoms with Crippen molar-refractivity contribution < 1.29 is 9.84 Å². The van der Waals surface area contributed by atoms with Gasteiger partial charge in [-0.3, -0.25) is 0 Å². The molecular weight excluding hydrogens is 248 g/mol. The summed E-state index contributed by atoms with van der Waals surface area (Å²) < 4.78 is 5.64. The number of rotatable bonds is 5. The van der Waals surface area contributed by atoms with Crippen molar-refractivity contribution in [1.82, 2.24) is 0 Å². The van der Waals surface area contributed by atoms with E-state index in [0.29, 0.717) is 6.61 Å². The lowest BCUT2D eigenvalue weighted by Crippen LogP contribution is -2.01. The lowest BCUT2D eigenvalue weighted by atomic mass is 10.2. The molecule has 0 unspecified atom stereocenters. The van der Waals surface area contributed by atoms with Gasteiger partial charge in [0, 0.05) is 11.4 Å². The van der Waals surface area contributed by atoms with Crippen LogP contribution in [-0.4, -0.2) is 11.7 Å². The van der Waals surface area contributed by atoms with Crippen LogP contribution in [0.1, 0.15) is 11.1 Å². The SMILES string of the molecule is OCc1cccc(OCCc2cccc(Cl)c2)c1. The number of hydrogen-bond donors (Lipinski definition) is 1. The topological polar surface area (TPSA) is 29.5 Å². The van der Waals surface area contributed by atoms with Crippen LogP contribution >= 0.6 is 11.6 Å². The molecule has 94 valence electrons. The summed E-state index contributed by atoms with van der Waals surface area (Å²) in [5.74, 6) is 0.781. The molecule has 2 aromatic carbocycles. The van der Waals surface area contributed by atoms with E-state index in [1.165, 1.54) is 0 Å². The van der Waals surface area contributed by atoms with Crippen molar-refractivity contribution in [3.05, 3.63) is 64.7 Å². The summed E-state index contributed by atoms with van der Waals surface area (Å²) in [6.45, 7) is 0.626. The molecule has 1 N–H and O–H groups in total. The average molecular weight is 263 g/mol. The van der Waals surface area contributed by atoms with E-state index in [9.17, 15) is 0 Å². The van der Waals surface area contributed by atoms with Gasteiger partial charge in [-0.2, -0.15) is 0 Å². The molecule has 0 aromatic heterocycles. The Labute approximate surface area is 112 Å². The maximum absolute atomic E-state index is 9.03. The van der Waals surface area contributed by atoms with E-state index >= 15 is 0 Å². The molecule has 2 nitrogen and oxygen atoms in total. The molecule has 0 aliphatic heterocycles. The molecule has 0 saturated heterocycles. The minimum Gasteiger partial charge on any atom is -0.493 e. The van der Waals surface area contributed by atoms with Crippen LogP contribution in [0.2, 0.25) is 5.02 Å². The minimum absolute atomic E-state index is 0.0332. The third-order valence-electron chi connectivity index (χ3n) is 2.63. The Hall–Kier alpha value is -1.51. The van der Waals surface area contributed by atoms with E-state index in [1.54, 1.807) is 0 Å². The van der Waals surface area contributed by atoms with Gasteiger partial charge in [0.2, 0.25) is 0 Å². The second-order valence-electron chi connectivity index (χ2n) is 4.03. The van der Waals surface area contributed by atoms with Gasteiger partial charge in [-0.25, -0.2) is 0 Å². The van der Waals surface area contributed by atoms with Crippen molar-refractivity contribution in [3.8, 4) is 5.75 Å². The van der Waals surface area contributed by atoms with Gasteiger partial charge in [0.25, 0.3) is 0 Å².